The summed E-state index contributed by atoms with van der Waals surface area (Å²) in [7, 11) is 0. The van der Waals surface area contributed by atoms with E-state index in [1.165, 1.54) is 0 Å². The molecule has 0 heterocycles. The monoisotopic (exact) mass is 249 g/mol. The smallest absolute Gasteiger partial charge is 0.151 e. The molecule has 4 heteroatoms. The Bertz CT molecular complexity index is 647. The summed E-state index contributed by atoms with van der Waals surface area (Å²) in [5.74, 6) is 0.970. The summed E-state index contributed by atoms with van der Waals surface area (Å²) >= 11 is 0. The molecule has 0 bridgehead atoms. The van der Waals surface area contributed by atoms with E-state index in [0.717, 1.165) is 5.56 Å². The van der Waals surface area contributed by atoms with Gasteiger partial charge in [-0.1, -0.05) is 6.07 Å². The first-order valence-corrected chi connectivity index (χ1v) is 5.62. The summed E-state index contributed by atoms with van der Waals surface area (Å²) in [6.07, 6.45) is 0. The second kappa shape index (κ2) is 5.12. The Balaban J connectivity index is 2.42. The Morgan fingerprint density at radius 3 is 2.16 bits per heavy atom. The summed E-state index contributed by atoms with van der Waals surface area (Å²) in [4.78, 5) is 0. The fraction of sp³-hybridized carbons (Fsp3) is 0.0667. The molecule has 0 unspecified atom stereocenters. The maximum atomic E-state index is 8.88. The molecule has 0 atom stereocenters. The predicted octanol–water partition coefficient (Wildman–Crippen LogP) is 3.11. The Labute approximate surface area is 111 Å². The molecule has 0 saturated heterocycles. The minimum atomic E-state index is 0.414. The van der Waals surface area contributed by atoms with E-state index in [1.54, 1.807) is 36.4 Å². The van der Waals surface area contributed by atoms with Crippen LogP contribution in [0.1, 0.15) is 16.7 Å². The van der Waals surface area contributed by atoms with Crippen molar-refractivity contribution in [3.05, 3.63) is 53.1 Å². The van der Waals surface area contributed by atoms with Crippen molar-refractivity contribution in [2.24, 2.45) is 0 Å². The van der Waals surface area contributed by atoms with Crippen molar-refractivity contribution in [3.63, 3.8) is 0 Å². The number of hydrogen-bond acceptors (Lipinski definition) is 4. The highest BCUT2D eigenvalue weighted by atomic mass is 16.5. The van der Waals surface area contributed by atoms with Crippen molar-refractivity contribution in [3.8, 4) is 23.6 Å². The molecule has 0 aromatic heterocycles. The van der Waals surface area contributed by atoms with Crippen LogP contribution in [0.15, 0.2) is 36.4 Å². The van der Waals surface area contributed by atoms with E-state index in [-0.39, 0.29) is 0 Å². The number of nitrogens with two attached hydrogens (primary N) is 1. The molecule has 19 heavy (non-hydrogen) atoms. The van der Waals surface area contributed by atoms with Gasteiger partial charge in [-0.05, 0) is 36.8 Å². The zero-order chi connectivity index (χ0) is 13.8. The SMILES string of the molecule is Cc1ccc(C#N)cc1Oc1cc(C#N)ccc1N. The van der Waals surface area contributed by atoms with Gasteiger partial charge in [-0.15, -0.1) is 0 Å². The Morgan fingerprint density at radius 2 is 1.53 bits per heavy atom. The molecule has 4 nitrogen and oxygen atoms in total. The highest BCUT2D eigenvalue weighted by Gasteiger charge is 2.07. The normalized spacial score (nSPS) is 9.42. The van der Waals surface area contributed by atoms with E-state index in [4.69, 9.17) is 21.0 Å². The Morgan fingerprint density at radius 1 is 0.947 bits per heavy atom. The number of nitrogens with zero attached hydrogens (tertiary/aromatic N) is 2. The van der Waals surface area contributed by atoms with E-state index in [0.29, 0.717) is 28.3 Å². The summed E-state index contributed by atoms with van der Waals surface area (Å²) in [6, 6.07) is 14.1. The lowest BCUT2D eigenvalue weighted by molar-refractivity contribution is 0.481. The van der Waals surface area contributed by atoms with E-state index in [2.05, 4.69) is 6.07 Å². The quantitative estimate of drug-likeness (QED) is 0.829. The van der Waals surface area contributed by atoms with Gasteiger partial charge >= 0.3 is 0 Å². The first kappa shape index (κ1) is 12.5. The topological polar surface area (TPSA) is 82.8 Å². The molecule has 0 saturated carbocycles. The van der Waals surface area contributed by atoms with Crippen molar-refractivity contribution < 1.29 is 4.74 Å². The first-order chi connectivity index (χ1) is 9.13. The number of benzene rings is 2. The molecule has 0 amide bonds. The molecular weight excluding hydrogens is 238 g/mol. The van der Waals surface area contributed by atoms with Gasteiger partial charge in [0.1, 0.15) is 5.75 Å². The van der Waals surface area contributed by atoms with Crippen LogP contribution in [0.3, 0.4) is 0 Å². The summed E-state index contributed by atoms with van der Waals surface area (Å²) in [5.41, 5.74) is 8.13. The molecule has 0 aliphatic heterocycles. The van der Waals surface area contributed by atoms with Crippen LogP contribution >= 0.6 is 0 Å². The number of nitriles is 2. The molecule has 2 aromatic carbocycles. The number of rotatable bonds is 2. The molecule has 0 spiro atoms. The van der Waals surface area contributed by atoms with Crippen molar-refractivity contribution in [2.45, 2.75) is 6.92 Å². The van der Waals surface area contributed by atoms with Gasteiger partial charge < -0.3 is 10.5 Å². The molecule has 0 aliphatic rings. The van der Waals surface area contributed by atoms with Gasteiger partial charge in [-0.25, -0.2) is 0 Å². The third kappa shape index (κ3) is 2.65. The van der Waals surface area contributed by atoms with E-state index in [9.17, 15) is 0 Å². The van der Waals surface area contributed by atoms with Gasteiger partial charge in [0.15, 0.2) is 5.75 Å². The third-order valence-corrected chi connectivity index (χ3v) is 2.68. The van der Waals surface area contributed by atoms with Crippen molar-refractivity contribution >= 4 is 5.69 Å². The van der Waals surface area contributed by atoms with Crippen LogP contribution < -0.4 is 10.5 Å². The number of nitrogen functional groups attached to an aromatic ring is 1. The second-order valence-corrected chi connectivity index (χ2v) is 4.06. The zero-order valence-electron chi connectivity index (χ0n) is 10.3. The molecule has 0 fully saturated rings. The van der Waals surface area contributed by atoms with Crippen LogP contribution in [0.2, 0.25) is 0 Å². The minimum absolute atomic E-state index is 0.414. The molecule has 2 rings (SSSR count). The minimum Gasteiger partial charge on any atom is -0.455 e. The standard InChI is InChI=1S/C15H11N3O/c1-10-2-3-11(8-16)6-14(10)19-15-7-12(9-17)4-5-13(15)18/h2-7H,18H2,1H3. The van der Waals surface area contributed by atoms with Gasteiger partial charge in [0.05, 0.1) is 29.0 Å². The van der Waals surface area contributed by atoms with Crippen molar-refractivity contribution in [2.75, 3.05) is 5.73 Å². The molecule has 2 aromatic rings. The fourth-order valence-electron chi connectivity index (χ4n) is 1.59. The molecule has 2 N–H and O–H groups in total. The molecular formula is C15H11N3O. The molecule has 0 radical (unpaired) electrons. The number of hydrogen-bond donors (Lipinski definition) is 1. The average molecular weight is 249 g/mol. The van der Waals surface area contributed by atoms with E-state index < -0.39 is 0 Å². The van der Waals surface area contributed by atoms with Crippen LogP contribution in [0.5, 0.6) is 11.5 Å². The lowest BCUT2D eigenvalue weighted by atomic mass is 10.1. The third-order valence-electron chi connectivity index (χ3n) is 2.68. The average Bonchev–Trinajstić information content (AvgIpc) is 2.43. The van der Waals surface area contributed by atoms with Crippen LogP contribution in [0.4, 0.5) is 5.69 Å². The van der Waals surface area contributed by atoms with E-state index in [1.807, 2.05) is 13.0 Å². The molecule has 0 aliphatic carbocycles. The van der Waals surface area contributed by atoms with Gasteiger partial charge in [-0.3, -0.25) is 0 Å². The largest absolute Gasteiger partial charge is 0.455 e. The van der Waals surface area contributed by atoms with E-state index >= 15 is 0 Å². The van der Waals surface area contributed by atoms with Crippen LogP contribution in [-0.4, -0.2) is 0 Å². The maximum absolute atomic E-state index is 8.88. The highest BCUT2D eigenvalue weighted by Crippen LogP contribution is 2.30. The lowest BCUT2D eigenvalue weighted by Gasteiger charge is -2.11. The van der Waals surface area contributed by atoms with Gasteiger partial charge in [0.2, 0.25) is 0 Å². The van der Waals surface area contributed by atoms with Crippen molar-refractivity contribution in [1.29, 1.82) is 10.5 Å². The lowest BCUT2D eigenvalue weighted by Crippen LogP contribution is -1.94. The summed E-state index contributed by atoms with van der Waals surface area (Å²) < 4.78 is 5.70. The van der Waals surface area contributed by atoms with Gasteiger partial charge in [0, 0.05) is 6.07 Å². The highest BCUT2D eigenvalue weighted by molar-refractivity contribution is 5.58. The second-order valence-electron chi connectivity index (χ2n) is 4.06. The predicted molar refractivity (Wildman–Crippen MR) is 71.5 cm³/mol. The number of anilines is 1. The summed E-state index contributed by atoms with van der Waals surface area (Å²) in [6.45, 7) is 1.88. The Kier molecular flexibility index (Phi) is 3.36. The van der Waals surface area contributed by atoms with Gasteiger partial charge in [-0.2, -0.15) is 10.5 Å². The van der Waals surface area contributed by atoms with Gasteiger partial charge in [0.25, 0.3) is 0 Å². The van der Waals surface area contributed by atoms with Crippen molar-refractivity contribution in [1.82, 2.24) is 0 Å². The maximum Gasteiger partial charge on any atom is 0.151 e. The zero-order valence-corrected chi connectivity index (χ0v) is 10.3. The fourth-order valence-corrected chi connectivity index (χ4v) is 1.59. The van der Waals surface area contributed by atoms with Crippen LogP contribution in [0.25, 0.3) is 0 Å². The Hall–Kier alpha value is -2.98. The number of ether oxygens (including phenoxy) is 1. The molecule has 92 valence electrons. The summed E-state index contributed by atoms with van der Waals surface area (Å²) in [5, 5.41) is 17.7. The first-order valence-electron chi connectivity index (χ1n) is 5.62. The number of aryl methyl sites for hydroxylation is 1. The van der Waals surface area contributed by atoms with Crippen LogP contribution in [-0.2, 0) is 0 Å². The van der Waals surface area contributed by atoms with Crippen LogP contribution in [0, 0.1) is 29.6 Å².